The van der Waals surface area contributed by atoms with E-state index in [1.807, 2.05) is 6.07 Å². The summed E-state index contributed by atoms with van der Waals surface area (Å²) >= 11 is 0. The van der Waals surface area contributed by atoms with Gasteiger partial charge in [-0.3, -0.25) is 4.79 Å². The Morgan fingerprint density at radius 3 is 2.81 bits per heavy atom. The van der Waals surface area contributed by atoms with E-state index in [0.717, 1.165) is 0 Å². The number of rotatable bonds is 4. The van der Waals surface area contributed by atoms with Crippen molar-refractivity contribution in [1.29, 1.82) is 5.26 Å². The van der Waals surface area contributed by atoms with Crippen molar-refractivity contribution in [3.63, 3.8) is 0 Å². The number of anilines is 1. The van der Waals surface area contributed by atoms with E-state index in [1.165, 1.54) is 6.92 Å². The second kappa shape index (κ2) is 5.29. The first kappa shape index (κ1) is 12.2. The monoisotopic (exact) mass is 218 g/mol. The van der Waals surface area contributed by atoms with Crippen molar-refractivity contribution in [1.82, 2.24) is 0 Å². The Bertz CT molecular complexity index is 435. The molecule has 0 radical (unpaired) electrons. The SMILES string of the molecule is CC(=O)c1ccc(C#N)c(N[C@@H](C)CO)c1. The fraction of sp³-hybridized carbons (Fsp3) is 0.333. The van der Waals surface area contributed by atoms with E-state index in [-0.39, 0.29) is 18.4 Å². The molecule has 0 aliphatic heterocycles. The van der Waals surface area contributed by atoms with Crippen molar-refractivity contribution < 1.29 is 9.90 Å². The van der Waals surface area contributed by atoms with Crippen molar-refractivity contribution >= 4 is 11.5 Å². The first-order chi connectivity index (χ1) is 7.58. The van der Waals surface area contributed by atoms with Gasteiger partial charge in [0.15, 0.2) is 5.78 Å². The molecule has 16 heavy (non-hydrogen) atoms. The van der Waals surface area contributed by atoms with E-state index in [0.29, 0.717) is 16.8 Å². The van der Waals surface area contributed by atoms with Crippen molar-refractivity contribution in [3.05, 3.63) is 29.3 Å². The van der Waals surface area contributed by atoms with Gasteiger partial charge in [0.1, 0.15) is 6.07 Å². The summed E-state index contributed by atoms with van der Waals surface area (Å²) in [7, 11) is 0. The second-order valence-corrected chi connectivity index (χ2v) is 3.66. The Kier molecular flexibility index (Phi) is 4.03. The highest BCUT2D eigenvalue weighted by atomic mass is 16.3. The molecule has 0 aliphatic carbocycles. The number of nitrogens with zero attached hydrogens (tertiary/aromatic N) is 1. The molecule has 0 unspecified atom stereocenters. The van der Waals surface area contributed by atoms with Gasteiger partial charge in [-0.25, -0.2) is 0 Å². The Morgan fingerprint density at radius 1 is 1.62 bits per heavy atom. The molecule has 4 heteroatoms. The molecule has 1 atom stereocenters. The Balaban J connectivity index is 3.08. The van der Waals surface area contributed by atoms with Crippen LogP contribution in [0, 0.1) is 11.3 Å². The van der Waals surface area contributed by atoms with E-state index in [2.05, 4.69) is 5.32 Å². The van der Waals surface area contributed by atoms with Gasteiger partial charge in [0.25, 0.3) is 0 Å². The zero-order chi connectivity index (χ0) is 12.1. The zero-order valence-electron chi connectivity index (χ0n) is 9.32. The van der Waals surface area contributed by atoms with Crippen LogP contribution in [0.15, 0.2) is 18.2 Å². The molecule has 0 saturated carbocycles. The summed E-state index contributed by atoms with van der Waals surface area (Å²) in [6.45, 7) is 3.23. The lowest BCUT2D eigenvalue weighted by molar-refractivity contribution is 0.101. The smallest absolute Gasteiger partial charge is 0.159 e. The second-order valence-electron chi connectivity index (χ2n) is 3.66. The van der Waals surface area contributed by atoms with Gasteiger partial charge in [-0.15, -0.1) is 0 Å². The minimum absolute atomic E-state index is 0.0326. The summed E-state index contributed by atoms with van der Waals surface area (Å²) in [4.78, 5) is 11.2. The number of ketones is 1. The van der Waals surface area contributed by atoms with Crippen LogP contribution in [0.2, 0.25) is 0 Å². The standard InChI is InChI=1S/C12H14N2O2/c1-8(7-15)14-12-5-10(9(2)16)3-4-11(12)6-13/h3-5,8,14-15H,7H2,1-2H3/t8-/m0/s1. The molecule has 0 amide bonds. The average Bonchev–Trinajstić information content (AvgIpc) is 2.28. The number of hydrogen-bond donors (Lipinski definition) is 2. The maximum atomic E-state index is 11.2. The number of carbonyl (C=O) groups excluding carboxylic acids is 1. The molecule has 84 valence electrons. The largest absolute Gasteiger partial charge is 0.394 e. The lowest BCUT2D eigenvalue weighted by Gasteiger charge is -2.14. The summed E-state index contributed by atoms with van der Waals surface area (Å²) < 4.78 is 0. The van der Waals surface area contributed by atoms with E-state index in [1.54, 1.807) is 25.1 Å². The Labute approximate surface area is 94.5 Å². The third-order valence-electron chi connectivity index (χ3n) is 2.22. The minimum Gasteiger partial charge on any atom is -0.394 e. The number of aliphatic hydroxyl groups is 1. The fourth-order valence-corrected chi connectivity index (χ4v) is 1.29. The van der Waals surface area contributed by atoms with E-state index in [4.69, 9.17) is 10.4 Å². The number of nitriles is 1. The van der Waals surface area contributed by atoms with Crippen LogP contribution in [-0.4, -0.2) is 23.5 Å². The van der Waals surface area contributed by atoms with Gasteiger partial charge in [0.2, 0.25) is 0 Å². The van der Waals surface area contributed by atoms with Gasteiger partial charge >= 0.3 is 0 Å². The molecular weight excluding hydrogens is 204 g/mol. The van der Waals surface area contributed by atoms with Crippen molar-refractivity contribution in [3.8, 4) is 6.07 Å². The lowest BCUT2D eigenvalue weighted by Crippen LogP contribution is -2.20. The van der Waals surface area contributed by atoms with Gasteiger partial charge in [0.05, 0.1) is 17.9 Å². The molecule has 0 bridgehead atoms. The normalized spacial score (nSPS) is 11.6. The molecule has 1 rings (SSSR count). The highest BCUT2D eigenvalue weighted by molar-refractivity contribution is 5.95. The predicted octanol–water partition coefficient (Wildman–Crippen LogP) is 1.55. The number of benzene rings is 1. The van der Waals surface area contributed by atoms with Crippen molar-refractivity contribution in [2.24, 2.45) is 0 Å². The molecule has 0 spiro atoms. The van der Waals surface area contributed by atoms with Crippen LogP contribution in [0.1, 0.15) is 29.8 Å². The summed E-state index contributed by atoms with van der Waals surface area (Å²) in [6.07, 6.45) is 0. The molecular formula is C12H14N2O2. The number of nitrogens with one attached hydrogen (secondary N) is 1. The van der Waals surface area contributed by atoms with E-state index < -0.39 is 0 Å². The summed E-state index contributed by atoms with van der Waals surface area (Å²) in [6, 6.07) is 6.73. The zero-order valence-corrected chi connectivity index (χ0v) is 9.32. The maximum Gasteiger partial charge on any atom is 0.159 e. The molecule has 1 aromatic rings. The molecule has 0 aliphatic rings. The van der Waals surface area contributed by atoms with Crippen LogP contribution in [0.5, 0.6) is 0 Å². The van der Waals surface area contributed by atoms with Gasteiger partial charge in [0, 0.05) is 11.6 Å². The van der Waals surface area contributed by atoms with Gasteiger partial charge < -0.3 is 10.4 Å². The summed E-state index contributed by atoms with van der Waals surface area (Å²) in [5.41, 5.74) is 1.59. The minimum atomic E-state index is -0.158. The van der Waals surface area contributed by atoms with Crippen molar-refractivity contribution in [2.45, 2.75) is 19.9 Å². The van der Waals surface area contributed by atoms with Crippen LogP contribution in [0.4, 0.5) is 5.69 Å². The predicted molar refractivity (Wildman–Crippen MR) is 61.3 cm³/mol. The Hall–Kier alpha value is -1.86. The quantitative estimate of drug-likeness (QED) is 0.752. The first-order valence-electron chi connectivity index (χ1n) is 5.01. The average molecular weight is 218 g/mol. The van der Waals surface area contributed by atoms with E-state index >= 15 is 0 Å². The Morgan fingerprint density at radius 2 is 2.31 bits per heavy atom. The van der Waals surface area contributed by atoms with Gasteiger partial charge in [-0.05, 0) is 32.0 Å². The van der Waals surface area contributed by atoms with Crippen LogP contribution >= 0.6 is 0 Å². The fourth-order valence-electron chi connectivity index (χ4n) is 1.29. The molecule has 0 fully saturated rings. The van der Waals surface area contributed by atoms with Crippen LogP contribution < -0.4 is 5.32 Å². The lowest BCUT2D eigenvalue weighted by atomic mass is 10.1. The highest BCUT2D eigenvalue weighted by Crippen LogP contribution is 2.18. The molecule has 0 aromatic heterocycles. The van der Waals surface area contributed by atoms with Gasteiger partial charge in [-0.1, -0.05) is 0 Å². The molecule has 2 N–H and O–H groups in total. The van der Waals surface area contributed by atoms with Crippen LogP contribution in [0.3, 0.4) is 0 Å². The number of hydrogen-bond acceptors (Lipinski definition) is 4. The van der Waals surface area contributed by atoms with Gasteiger partial charge in [-0.2, -0.15) is 5.26 Å². The number of Topliss-reactive ketones (excluding diaryl/α,β-unsaturated/α-hetero) is 1. The number of aliphatic hydroxyl groups excluding tert-OH is 1. The van der Waals surface area contributed by atoms with Crippen LogP contribution in [0.25, 0.3) is 0 Å². The third kappa shape index (κ3) is 2.81. The molecule has 0 heterocycles. The molecule has 0 saturated heterocycles. The topological polar surface area (TPSA) is 73.1 Å². The number of carbonyl (C=O) groups is 1. The molecule has 1 aromatic carbocycles. The van der Waals surface area contributed by atoms with Crippen molar-refractivity contribution in [2.75, 3.05) is 11.9 Å². The van der Waals surface area contributed by atoms with E-state index in [9.17, 15) is 4.79 Å². The molecule has 4 nitrogen and oxygen atoms in total. The summed E-state index contributed by atoms with van der Waals surface area (Å²) in [5.74, 6) is -0.0517. The van der Waals surface area contributed by atoms with Crippen LogP contribution in [-0.2, 0) is 0 Å². The highest BCUT2D eigenvalue weighted by Gasteiger charge is 2.08. The summed E-state index contributed by atoms with van der Waals surface area (Å²) in [5, 5.41) is 20.8. The maximum absolute atomic E-state index is 11.2. The third-order valence-corrected chi connectivity index (χ3v) is 2.22. The first-order valence-corrected chi connectivity index (χ1v) is 5.01.